The van der Waals surface area contributed by atoms with Gasteiger partial charge in [0.05, 0.1) is 31.1 Å². The molecule has 1 aromatic rings. The summed E-state index contributed by atoms with van der Waals surface area (Å²) in [6.45, 7) is 6.22. The molecule has 3 saturated heterocycles. The van der Waals surface area contributed by atoms with E-state index in [0.717, 1.165) is 26.2 Å². The van der Waals surface area contributed by atoms with Crippen LogP contribution in [0.4, 0.5) is 20.6 Å². The summed E-state index contributed by atoms with van der Waals surface area (Å²) in [4.78, 5) is 29.1. The maximum absolute atomic E-state index is 14.9. The molecule has 2 amide bonds. The highest BCUT2D eigenvalue weighted by atomic mass is 19.1. The molecule has 0 aromatic heterocycles. The number of methoxy groups -OCH3 is 1. The second kappa shape index (κ2) is 8.16. The monoisotopic (exact) mass is 406 g/mol. The van der Waals surface area contributed by atoms with E-state index in [2.05, 4.69) is 15.1 Å². The van der Waals surface area contributed by atoms with Gasteiger partial charge in [0.1, 0.15) is 11.9 Å². The van der Waals surface area contributed by atoms with E-state index >= 15 is 0 Å². The van der Waals surface area contributed by atoms with Crippen molar-refractivity contribution in [3.63, 3.8) is 0 Å². The zero-order valence-corrected chi connectivity index (χ0v) is 16.8. The van der Waals surface area contributed by atoms with E-state index in [9.17, 15) is 14.0 Å². The number of likely N-dealkylation sites (tertiary alicyclic amines) is 1. The first-order valence-corrected chi connectivity index (χ1v) is 9.96. The van der Waals surface area contributed by atoms with Crippen LogP contribution in [0, 0.1) is 11.7 Å². The van der Waals surface area contributed by atoms with Crippen molar-refractivity contribution in [1.29, 1.82) is 0 Å². The van der Waals surface area contributed by atoms with Crippen LogP contribution in [0.25, 0.3) is 0 Å². The molecule has 3 atom stereocenters. The fourth-order valence-corrected chi connectivity index (χ4v) is 4.42. The Balaban J connectivity index is 1.39. The number of nitrogens with zero attached hydrogens (tertiary/aromatic N) is 3. The van der Waals surface area contributed by atoms with Gasteiger partial charge in [0.25, 0.3) is 0 Å². The van der Waals surface area contributed by atoms with Crippen molar-refractivity contribution in [3.05, 3.63) is 24.0 Å². The summed E-state index contributed by atoms with van der Waals surface area (Å²) in [5, 5.41) is 2.63. The first kappa shape index (κ1) is 19.9. The average Bonchev–Trinajstić information content (AvgIpc) is 3.21. The van der Waals surface area contributed by atoms with Crippen LogP contribution < -0.4 is 15.1 Å². The fraction of sp³-hybridized carbons (Fsp3) is 0.600. The summed E-state index contributed by atoms with van der Waals surface area (Å²) in [6, 6.07) is 5.33. The lowest BCUT2D eigenvalue weighted by molar-refractivity contribution is -0.119. The van der Waals surface area contributed by atoms with Crippen LogP contribution in [0.5, 0.6) is 0 Å². The van der Waals surface area contributed by atoms with Crippen LogP contribution in [0.1, 0.15) is 6.92 Å². The normalized spacial score (nSPS) is 26.3. The van der Waals surface area contributed by atoms with Crippen molar-refractivity contribution in [2.45, 2.75) is 19.1 Å². The lowest BCUT2D eigenvalue weighted by atomic mass is 9.92. The first-order valence-electron chi connectivity index (χ1n) is 9.96. The first-order chi connectivity index (χ1) is 14.0. The number of anilines is 2. The Kier molecular flexibility index (Phi) is 5.60. The number of carbonyl (C=O) groups excluding carboxylic acids is 2. The highest BCUT2D eigenvalue weighted by Crippen LogP contribution is 2.36. The molecule has 4 rings (SSSR count). The molecular formula is C20H27FN4O4. The number of nitrogens with one attached hydrogen (secondary N) is 1. The topological polar surface area (TPSA) is 74.3 Å². The summed E-state index contributed by atoms with van der Waals surface area (Å²) < 4.78 is 25.3. The third-order valence-electron chi connectivity index (χ3n) is 5.96. The smallest absolute Gasteiger partial charge is 0.414 e. The lowest BCUT2D eigenvalue weighted by Crippen LogP contribution is -2.56. The number of cyclic esters (lactones) is 1. The fourth-order valence-electron chi connectivity index (χ4n) is 4.42. The third-order valence-corrected chi connectivity index (χ3v) is 5.96. The van der Waals surface area contributed by atoms with Crippen molar-refractivity contribution in [2.75, 3.05) is 62.8 Å². The van der Waals surface area contributed by atoms with Gasteiger partial charge in [-0.3, -0.25) is 14.6 Å². The van der Waals surface area contributed by atoms with Gasteiger partial charge in [0.15, 0.2) is 0 Å². The highest BCUT2D eigenvalue weighted by molar-refractivity contribution is 5.90. The maximum Gasteiger partial charge on any atom is 0.414 e. The lowest BCUT2D eigenvalue weighted by Gasteiger charge is -2.43. The van der Waals surface area contributed by atoms with Crippen LogP contribution in [0.3, 0.4) is 0 Å². The number of halogens is 1. The van der Waals surface area contributed by atoms with E-state index in [-0.39, 0.29) is 24.8 Å². The Morgan fingerprint density at radius 3 is 2.86 bits per heavy atom. The van der Waals surface area contributed by atoms with E-state index in [0.29, 0.717) is 29.9 Å². The Bertz CT molecular complexity index is 792. The van der Waals surface area contributed by atoms with Crippen LogP contribution in [-0.2, 0) is 14.3 Å². The van der Waals surface area contributed by atoms with E-state index in [1.165, 1.54) is 17.9 Å². The number of fused-ring (bicyclic) bond motifs is 1. The average molecular weight is 406 g/mol. The van der Waals surface area contributed by atoms with Gasteiger partial charge < -0.3 is 19.7 Å². The van der Waals surface area contributed by atoms with E-state index < -0.39 is 12.2 Å². The standard InChI is InChI=1S/C20H27FN4O4/c1-13(26)22-8-16-11-25(20(27)29-16)15-3-4-18(17(21)7-15)24-10-14-9-23(5-6-28-2)19(14)12-24/h3-4,7,14,16,19H,5-6,8-12H2,1-2H3,(H,22,26)/t14-,16+,19+/m1/s1. The quantitative estimate of drug-likeness (QED) is 0.730. The second-order valence-corrected chi connectivity index (χ2v) is 7.91. The molecule has 0 radical (unpaired) electrons. The minimum atomic E-state index is -0.527. The van der Waals surface area contributed by atoms with Gasteiger partial charge >= 0.3 is 6.09 Å². The molecule has 0 saturated carbocycles. The predicted octanol–water partition coefficient (Wildman–Crippen LogP) is 1.05. The molecule has 9 heteroatoms. The predicted molar refractivity (Wildman–Crippen MR) is 106 cm³/mol. The number of rotatable bonds is 7. The Labute approximate surface area is 169 Å². The number of carbonyl (C=O) groups is 2. The number of amides is 2. The number of ether oxygens (including phenoxy) is 2. The molecular weight excluding hydrogens is 379 g/mol. The Morgan fingerprint density at radius 2 is 2.14 bits per heavy atom. The van der Waals surface area contributed by atoms with Crippen molar-refractivity contribution in [1.82, 2.24) is 10.2 Å². The molecule has 1 aromatic carbocycles. The number of hydrogen-bond donors (Lipinski definition) is 1. The number of benzene rings is 1. The molecule has 3 aliphatic heterocycles. The molecule has 158 valence electrons. The van der Waals surface area contributed by atoms with E-state index in [1.54, 1.807) is 19.2 Å². The molecule has 0 bridgehead atoms. The zero-order chi connectivity index (χ0) is 20.5. The van der Waals surface area contributed by atoms with Gasteiger partial charge in [-0.05, 0) is 18.2 Å². The van der Waals surface area contributed by atoms with Crippen molar-refractivity contribution in [3.8, 4) is 0 Å². The molecule has 3 aliphatic rings. The summed E-state index contributed by atoms with van der Waals surface area (Å²) in [6.07, 6.45) is -0.970. The van der Waals surface area contributed by atoms with Gasteiger partial charge in [-0.1, -0.05) is 0 Å². The maximum atomic E-state index is 14.9. The van der Waals surface area contributed by atoms with Gasteiger partial charge in [-0.2, -0.15) is 0 Å². The van der Waals surface area contributed by atoms with Crippen LogP contribution in [-0.4, -0.2) is 82.0 Å². The van der Waals surface area contributed by atoms with Crippen molar-refractivity contribution < 1.29 is 23.5 Å². The molecule has 3 fully saturated rings. The minimum Gasteiger partial charge on any atom is -0.442 e. The number of hydrogen-bond acceptors (Lipinski definition) is 6. The van der Waals surface area contributed by atoms with Crippen molar-refractivity contribution >= 4 is 23.4 Å². The Morgan fingerprint density at radius 1 is 1.31 bits per heavy atom. The van der Waals surface area contributed by atoms with Crippen LogP contribution in [0.15, 0.2) is 18.2 Å². The highest BCUT2D eigenvalue weighted by Gasteiger charge is 2.45. The molecule has 0 spiro atoms. The van der Waals surface area contributed by atoms with Gasteiger partial charge in [0, 0.05) is 52.2 Å². The van der Waals surface area contributed by atoms with Gasteiger partial charge in [-0.25, -0.2) is 9.18 Å². The summed E-state index contributed by atoms with van der Waals surface area (Å²) >= 11 is 0. The third kappa shape index (κ3) is 4.02. The summed E-state index contributed by atoms with van der Waals surface area (Å²) in [5.41, 5.74) is 1.03. The summed E-state index contributed by atoms with van der Waals surface area (Å²) in [5.74, 6) is 0.0367. The van der Waals surface area contributed by atoms with Crippen LogP contribution in [0.2, 0.25) is 0 Å². The second-order valence-electron chi connectivity index (χ2n) is 7.91. The SMILES string of the molecule is COCCN1C[C@@H]2CN(c3ccc(N4C[C@H](CNC(C)=O)OC4=O)cc3F)C[C@@H]21. The van der Waals surface area contributed by atoms with Gasteiger partial charge in [0.2, 0.25) is 5.91 Å². The van der Waals surface area contributed by atoms with Crippen molar-refractivity contribution in [2.24, 2.45) is 5.92 Å². The van der Waals surface area contributed by atoms with Crippen LogP contribution >= 0.6 is 0 Å². The summed E-state index contributed by atoms with van der Waals surface area (Å²) in [7, 11) is 1.70. The van der Waals surface area contributed by atoms with Gasteiger partial charge in [-0.15, -0.1) is 0 Å². The van der Waals surface area contributed by atoms with E-state index in [4.69, 9.17) is 9.47 Å². The Hall–Kier alpha value is -2.39. The molecule has 0 aliphatic carbocycles. The molecule has 0 unspecified atom stereocenters. The minimum absolute atomic E-state index is 0.185. The molecule has 1 N–H and O–H groups in total. The van der Waals surface area contributed by atoms with E-state index in [1.807, 2.05) is 0 Å². The molecule has 29 heavy (non-hydrogen) atoms. The molecule has 3 heterocycles. The zero-order valence-electron chi connectivity index (χ0n) is 16.8. The largest absolute Gasteiger partial charge is 0.442 e. The molecule has 8 nitrogen and oxygen atoms in total.